The molecule has 3 N–H and O–H groups in total. The minimum absolute atomic E-state index is 0.0183. The lowest BCUT2D eigenvalue weighted by Crippen LogP contribution is -2.57. The molecule has 0 aromatic heterocycles. The Morgan fingerprint density at radius 3 is 2.39 bits per heavy atom. The van der Waals surface area contributed by atoms with Crippen LogP contribution < -0.4 is 20.5 Å². The molecular formula is C38H53ClN4O8. The van der Waals surface area contributed by atoms with Gasteiger partial charge in [0.15, 0.2) is 11.4 Å². The summed E-state index contributed by atoms with van der Waals surface area (Å²) in [6, 6.07) is 1.47. The molecule has 2 heterocycles. The van der Waals surface area contributed by atoms with Crippen molar-refractivity contribution in [2.45, 2.75) is 122 Å². The number of nitrogens with zero attached hydrogens (tertiary/aromatic N) is 2. The van der Waals surface area contributed by atoms with Crippen molar-refractivity contribution in [1.29, 1.82) is 0 Å². The number of nitrogens with one attached hydrogen (secondary N) is 1. The Hall–Kier alpha value is -3.67. The first-order valence-electron chi connectivity index (χ1n) is 18.4. The summed E-state index contributed by atoms with van der Waals surface area (Å²) < 4.78 is 11.3. The van der Waals surface area contributed by atoms with Gasteiger partial charge in [0.25, 0.3) is 5.91 Å². The lowest BCUT2D eigenvalue weighted by molar-refractivity contribution is -0.145. The van der Waals surface area contributed by atoms with Crippen molar-refractivity contribution in [3.8, 4) is 11.5 Å². The maximum Gasteiger partial charge on any atom is 0.285 e. The highest BCUT2D eigenvalue weighted by Crippen LogP contribution is 2.44. The summed E-state index contributed by atoms with van der Waals surface area (Å²) in [5, 5.41) is 7.82. The van der Waals surface area contributed by atoms with E-state index in [4.69, 9.17) is 31.6 Å². The van der Waals surface area contributed by atoms with Gasteiger partial charge < -0.3 is 30.3 Å². The lowest BCUT2D eigenvalue weighted by Gasteiger charge is -2.36. The molecule has 12 nitrogen and oxygen atoms in total. The number of carbonyl (C=O) groups is 5. The third-order valence-electron chi connectivity index (χ3n) is 10.8. The maximum absolute atomic E-state index is 14.7. The van der Waals surface area contributed by atoms with Crippen LogP contribution in [-0.2, 0) is 28.8 Å². The zero-order valence-electron chi connectivity index (χ0n) is 30.6. The third kappa shape index (κ3) is 9.23. The van der Waals surface area contributed by atoms with Crippen molar-refractivity contribution in [2.24, 2.45) is 34.1 Å². The minimum Gasteiger partial charge on any atom is -0.496 e. The summed E-state index contributed by atoms with van der Waals surface area (Å²) in [6.07, 6.45) is 8.04. The molecule has 1 spiro atoms. The molecule has 0 radical (unpaired) electrons. The molecule has 1 aromatic carbocycles. The zero-order valence-corrected chi connectivity index (χ0v) is 31.3. The Bertz CT molecular complexity index is 1550. The Morgan fingerprint density at radius 1 is 1.08 bits per heavy atom. The number of ketones is 2. The molecule has 3 fully saturated rings. The largest absolute Gasteiger partial charge is 0.496 e. The molecular weight excluding hydrogens is 676 g/mol. The highest BCUT2D eigenvalue weighted by molar-refractivity contribution is 6.36. The summed E-state index contributed by atoms with van der Waals surface area (Å²) >= 11 is 6.54. The predicted molar refractivity (Wildman–Crippen MR) is 191 cm³/mol. The summed E-state index contributed by atoms with van der Waals surface area (Å²) in [4.78, 5) is 74.8. The molecule has 5 rings (SSSR count). The van der Waals surface area contributed by atoms with Crippen molar-refractivity contribution in [1.82, 2.24) is 10.2 Å². The number of nitrogens with two attached hydrogens (primary N) is 1. The second-order valence-corrected chi connectivity index (χ2v) is 16.3. The number of likely N-dealkylation sites (tertiary alicyclic amines) is 1. The Balaban J connectivity index is 1.42. The quantitative estimate of drug-likeness (QED) is 0.234. The van der Waals surface area contributed by atoms with Crippen LogP contribution in [0.2, 0.25) is 5.02 Å². The van der Waals surface area contributed by atoms with E-state index in [1.54, 1.807) is 12.1 Å². The fraction of sp³-hybridized carbons (Fsp3) is 0.684. The number of rotatable bonds is 15. The number of hydrogen-bond acceptors (Lipinski definition) is 9. The standard InChI is InChI=1S/C38H53ClN4O8/c1-6-50-31-18-30(49-5)25(17-26(31)39)27-19-38(51-42-27)20-28(29(44)16-24(14-23-12-13-23)33(46)35(40)47)43(21-38)36(48)34(37(2,3)4)41-32(45)15-22-10-8-7-9-11-22/h17-18,22-24,28,34H,6-16,19-21H2,1-5H3,(H2,40,47)(H,41,45)/t24-,28+,34-,38-/m1/s1. The molecule has 2 saturated carbocycles. The van der Waals surface area contributed by atoms with Crippen molar-refractivity contribution in [3.05, 3.63) is 22.7 Å². The molecule has 2 aliphatic heterocycles. The molecule has 51 heavy (non-hydrogen) atoms. The molecule has 13 heteroatoms. The van der Waals surface area contributed by atoms with E-state index >= 15 is 0 Å². The molecule has 0 bridgehead atoms. The van der Waals surface area contributed by atoms with Gasteiger partial charge in [0.1, 0.15) is 17.5 Å². The average molecular weight is 729 g/mol. The Kier molecular flexibility index (Phi) is 12.0. The first kappa shape index (κ1) is 38.6. The van der Waals surface area contributed by atoms with Crippen LogP contribution in [0, 0.1) is 23.2 Å². The summed E-state index contributed by atoms with van der Waals surface area (Å²) in [5.74, 6) is -2.20. The number of hydrogen-bond donors (Lipinski definition) is 2. The number of halogens is 1. The normalized spacial score (nSPS) is 23.3. The first-order chi connectivity index (χ1) is 24.1. The van der Waals surface area contributed by atoms with Gasteiger partial charge in [-0.05, 0) is 49.5 Å². The highest BCUT2D eigenvalue weighted by atomic mass is 35.5. The van der Waals surface area contributed by atoms with Crippen LogP contribution in [0.15, 0.2) is 17.3 Å². The number of oxime groups is 1. The molecule has 0 unspecified atom stereocenters. The maximum atomic E-state index is 14.7. The fourth-order valence-corrected chi connectivity index (χ4v) is 8.05. The van der Waals surface area contributed by atoms with Crippen molar-refractivity contribution < 1.29 is 38.3 Å². The lowest BCUT2D eigenvalue weighted by atomic mass is 9.84. The summed E-state index contributed by atoms with van der Waals surface area (Å²) in [6.45, 7) is 7.93. The van der Waals surface area contributed by atoms with E-state index in [0.717, 1.165) is 38.5 Å². The van der Waals surface area contributed by atoms with Crippen LogP contribution in [0.4, 0.5) is 0 Å². The molecule has 1 saturated heterocycles. The van der Waals surface area contributed by atoms with Gasteiger partial charge in [0, 0.05) is 43.2 Å². The van der Waals surface area contributed by atoms with E-state index in [1.807, 2.05) is 27.7 Å². The van der Waals surface area contributed by atoms with E-state index in [2.05, 4.69) is 10.5 Å². The average Bonchev–Trinajstić information content (AvgIpc) is 3.69. The van der Waals surface area contributed by atoms with Gasteiger partial charge in [-0.2, -0.15) is 0 Å². The number of methoxy groups -OCH3 is 1. The van der Waals surface area contributed by atoms with E-state index in [1.165, 1.54) is 18.4 Å². The summed E-state index contributed by atoms with van der Waals surface area (Å²) in [5.41, 5.74) is 4.75. The SMILES string of the molecule is CCOc1cc(OC)c(C2=NO[C@]3(C2)C[C@@H](C(=O)C[C@@H](CC2CC2)C(=O)C(N)=O)N(C(=O)[C@@H](NC(=O)CC2CCCCC2)C(C)(C)C)C3)cc1Cl. The third-order valence-corrected chi connectivity index (χ3v) is 11.0. The number of benzene rings is 1. The van der Waals surface area contributed by atoms with Gasteiger partial charge in [-0.25, -0.2) is 0 Å². The monoisotopic (exact) mass is 728 g/mol. The van der Waals surface area contributed by atoms with Crippen molar-refractivity contribution in [3.63, 3.8) is 0 Å². The molecule has 280 valence electrons. The highest BCUT2D eigenvalue weighted by Gasteiger charge is 2.55. The van der Waals surface area contributed by atoms with Gasteiger partial charge in [-0.15, -0.1) is 0 Å². The molecule has 4 atom stereocenters. The van der Waals surface area contributed by atoms with Crippen LogP contribution in [0.5, 0.6) is 11.5 Å². The number of ether oxygens (including phenoxy) is 2. The predicted octanol–water partition coefficient (Wildman–Crippen LogP) is 5.14. The van der Waals surface area contributed by atoms with Crippen LogP contribution in [-0.4, -0.2) is 77.8 Å². The van der Waals surface area contributed by atoms with Crippen LogP contribution in [0.1, 0.15) is 110 Å². The van der Waals surface area contributed by atoms with E-state index < -0.39 is 46.6 Å². The number of primary amides is 1. The van der Waals surface area contributed by atoms with E-state index in [-0.39, 0.29) is 49.3 Å². The fourth-order valence-electron chi connectivity index (χ4n) is 7.83. The summed E-state index contributed by atoms with van der Waals surface area (Å²) in [7, 11) is 1.53. The van der Waals surface area contributed by atoms with Crippen LogP contribution in [0.3, 0.4) is 0 Å². The van der Waals surface area contributed by atoms with Gasteiger partial charge in [0.2, 0.25) is 17.6 Å². The first-order valence-corrected chi connectivity index (χ1v) is 18.7. The number of carbonyl (C=O) groups excluding carboxylic acids is 5. The number of Topliss-reactive ketones (excluding diaryl/α,β-unsaturated/α-hetero) is 2. The molecule has 2 aliphatic carbocycles. The van der Waals surface area contributed by atoms with E-state index in [0.29, 0.717) is 47.2 Å². The molecule has 1 aromatic rings. The van der Waals surface area contributed by atoms with Gasteiger partial charge in [-0.1, -0.05) is 69.6 Å². The van der Waals surface area contributed by atoms with Crippen molar-refractivity contribution in [2.75, 3.05) is 20.3 Å². The van der Waals surface area contributed by atoms with Crippen LogP contribution in [0.25, 0.3) is 0 Å². The molecule has 3 amide bonds. The van der Waals surface area contributed by atoms with Gasteiger partial charge in [0.05, 0.1) is 37.0 Å². The smallest absolute Gasteiger partial charge is 0.285 e. The van der Waals surface area contributed by atoms with E-state index in [9.17, 15) is 24.0 Å². The zero-order chi connectivity index (χ0) is 37.1. The Morgan fingerprint density at radius 2 is 1.78 bits per heavy atom. The Labute approximate surface area is 305 Å². The van der Waals surface area contributed by atoms with Gasteiger partial charge in [-0.3, -0.25) is 24.0 Å². The second kappa shape index (κ2) is 15.9. The molecule has 4 aliphatic rings. The second-order valence-electron chi connectivity index (χ2n) is 15.9. The van der Waals surface area contributed by atoms with Crippen LogP contribution >= 0.6 is 11.6 Å². The number of amides is 3. The van der Waals surface area contributed by atoms with Gasteiger partial charge >= 0.3 is 0 Å². The minimum atomic E-state index is -1.07. The van der Waals surface area contributed by atoms with Crippen molar-refractivity contribution >= 4 is 46.6 Å². The topological polar surface area (TPSA) is 167 Å².